The van der Waals surface area contributed by atoms with E-state index < -0.39 is 30.6 Å². The summed E-state index contributed by atoms with van der Waals surface area (Å²) in [5.41, 5.74) is 3.02. The molecule has 0 amide bonds. The summed E-state index contributed by atoms with van der Waals surface area (Å²) in [6.07, 6.45) is -2.47. The SMILES string of the molecule is Cc1ccc(CO[C@@H]2[C@H]3OCO[C@H]3O[C@@H]2[C@@H](C)OC(=O)CCl)c(Cl)c1C. The number of benzene rings is 1. The van der Waals surface area contributed by atoms with Gasteiger partial charge in [-0.3, -0.25) is 4.79 Å². The minimum Gasteiger partial charge on any atom is -0.459 e. The average Bonchev–Trinajstić information content (AvgIpc) is 3.20. The second-order valence-corrected chi connectivity index (χ2v) is 7.11. The average molecular weight is 405 g/mol. The summed E-state index contributed by atoms with van der Waals surface area (Å²) in [5, 5.41) is 0.683. The van der Waals surface area contributed by atoms with Gasteiger partial charge in [0.2, 0.25) is 0 Å². The van der Waals surface area contributed by atoms with Crippen LogP contribution >= 0.6 is 23.2 Å². The molecule has 2 aliphatic heterocycles. The molecule has 2 fully saturated rings. The van der Waals surface area contributed by atoms with Crippen LogP contribution in [0.2, 0.25) is 5.02 Å². The Balaban J connectivity index is 1.72. The van der Waals surface area contributed by atoms with Crippen LogP contribution in [-0.2, 0) is 35.1 Å². The van der Waals surface area contributed by atoms with Crippen LogP contribution in [0.15, 0.2) is 12.1 Å². The molecule has 2 heterocycles. The van der Waals surface area contributed by atoms with E-state index in [2.05, 4.69) is 0 Å². The van der Waals surface area contributed by atoms with Crippen molar-refractivity contribution in [2.75, 3.05) is 12.7 Å². The van der Waals surface area contributed by atoms with Crippen molar-refractivity contribution >= 4 is 29.2 Å². The molecule has 2 saturated heterocycles. The maximum atomic E-state index is 11.5. The molecule has 0 radical (unpaired) electrons. The van der Waals surface area contributed by atoms with Gasteiger partial charge < -0.3 is 23.7 Å². The van der Waals surface area contributed by atoms with Crippen molar-refractivity contribution in [3.63, 3.8) is 0 Å². The lowest BCUT2D eigenvalue weighted by atomic mass is 10.1. The van der Waals surface area contributed by atoms with Crippen molar-refractivity contribution in [3.05, 3.63) is 33.8 Å². The normalized spacial score (nSPS) is 28.8. The Morgan fingerprint density at radius 3 is 2.85 bits per heavy atom. The molecule has 0 unspecified atom stereocenters. The Morgan fingerprint density at radius 2 is 2.12 bits per heavy atom. The van der Waals surface area contributed by atoms with Crippen LogP contribution in [0.25, 0.3) is 0 Å². The summed E-state index contributed by atoms with van der Waals surface area (Å²) >= 11 is 11.9. The van der Waals surface area contributed by atoms with Gasteiger partial charge in [-0.15, -0.1) is 11.6 Å². The molecular weight excluding hydrogens is 383 g/mol. The lowest BCUT2D eigenvalue weighted by molar-refractivity contribution is -0.179. The van der Waals surface area contributed by atoms with E-state index in [1.54, 1.807) is 6.92 Å². The van der Waals surface area contributed by atoms with Crippen molar-refractivity contribution in [3.8, 4) is 0 Å². The minimum atomic E-state index is -0.556. The number of carbonyl (C=O) groups excluding carboxylic acids is 1. The fourth-order valence-corrected chi connectivity index (χ4v) is 3.48. The summed E-state index contributed by atoms with van der Waals surface area (Å²) in [7, 11) is 0. The highest BCUT2D eigenvalue weighted by Gasteiger charge is 2.52. The molecular formula is C18H22Cl2O6. The van der Waals surface area contributed by atoms with E-state index in [9.17, 15) is 4.79 Å². The Morgan fingerprint density at radius 1 is 1.35 bits per heavy atom. The molecule has 8 heteroatoms. The lowest BCUT2D eigenvalue weighted by Crippen LogP contribution is -2.42. The first-order valence-electron chi connectivity index (χ1n) is 8.42. The number of aryl methyl sites for hydroxylation is 1. The highest BCUT2D eigenvalue weighted by Crippen LogP contribution is 2.35. The smallest absolute Gasteiger partial charge is 0.321 e. The van der Waals surface area contributed by atoms with Gasteiger partial charge in [-0.05, 0) is 37.5 Å². The molecule has 5 atom stereocenters. The highest BCUT2D eigenvalue weighted by molar-refractivity contribution is 6.32. The van der Waals surface area contributed by atoms with Gasteiger partial charge in [0.15, 0.2) is 13.1 Å². The number of carbonyl (C=O) groups is 1. The van der Waals surface area contributed by atoms with E-state index in [4.69, 9.17) is 46.9 Å². The van der Waals surface area contributed by atoms with Crippen LogP contribution in [0.4, 0.5) is 0 Å². The largest absolute Gasteiger partial charge is 0.459 e. The molecule has 26 heavy (non-hydrogen) atoms. The first-order valence-corrected chi connectivity index (χ1v) is 9.34. The van der Waals surface area contributed by atoms with Gasteiger partial charge in [0, 0.05) is 5.02 Å². The van der Waals surface area contributed by atoms with Gasteiger partial charge in [-0.2, -0.15) is 0 Å². The van der Waals surface area contributed by atoms with Gasteiger partial charge >= 0.3 is 5.97 Å². The van der Waals surface area contributed by atoms with E-state index in [0.29, 0.717) is 5.02 Å². The molecule has 0 saturated carbocycles. The van der Waals surface area contributed by atoms with Crippen LogP contribution in [0.5, 0.6) is 0 Å². The topological polar surface area (TPSA) is 63.2 Å². The van der Waals surface area contributed by atoms with E-state index in [1.807, 2.05) is 26.0 Å². The summed E-state index contributed by atoms with van der Waals surface area (Å²) in [5.74, 6) is -0.738. The zero-order valence-corrected chi connectivity index (χ0v) is 16.4. The van der Waals surface area contributed by atoms with Gasteiger partial charge in [-0.25, -0.2) is 0 Å². The Hall–Kier alpha value is -0.890. The predicted molar refractivity (Wildman–Crippen MR) is 95.3 cm³/mol. The second kappa shape index (κ2) is 8.42. The number of hydrogen-bond donors (Lipinski definition) is 0. The first-order chi connectivity index (χ1) is 12.4. The predicted octanol–water partition coefficient (Wildman–Crippen LogP) is 3.11. The van der Waals surface area contributed by atoms with E-state index >= 15 is 0 Å². The van der Waals surface area contributed by atoms with Gasteiger partial charge in [0.1, 0.15) is 30.3 Å². The monoisotopic (exact) mass is 404 g/mol. The van der Waals surface area contributed by atoms with E-state index in [1.165, 1.54) is 0 Å². The fourth-order valence-electron chi connectivity index (χ4n) is 3.15. The number of esters is 1. The quantitative estimate of drug-likeness (QED) is 0.536. The van der Waals surface area contributed by atoms with Gasteiger partial charge in [-0.1, -0.05) is 23.7 Å². The summed E-state index contributed by atoms with van der Waals surface area (Å²) in [4.78, 5) is 11.5. The number of rotatable bonds is 6. The fraction of sp³-hybridized carbons (Fsp3) is 0.611. The Labute approximate surface area is 162 Å². The van der Waals surface area contributed by atoms with Gasteiger partial charge in [0.05, 0.1) is 6.61 Å². The van der Waals surface area contributed by atoms with E-state index in [0.717, 1.165) is 16.7 Å². The summed E-state index contributed by atoms with van der Waals surface area (Å²) < 4.78 is 28.2. The van der Waals surface area contributed by atoms with E-state index in [-0.39, 0.29) is 25.4 Å². The number of hydrogen-bond acceptors (Lipinski definition) is 6. The summed E-state index contributed by atoms with van der Waals surface area (Å²) in [6.45, 7) is 6.14. The molecule has 0 N–H and O–H groups in total. The highest BCUT2D eigenvalue weighted by atomic mass is 35.5. The third-order valence-corrected chi connectivity index (χ3v) is 5.50. The summed E-state index contributed by atoms with van der Waals surface area (Å²) in [6, 6.07) is 3.95. The molecule has 0 aromatic heterocycles. The van der Waals surface area contributed by atoms with Crippen molar-refractivity contribution in [1.82, 2.24) is 0 Å². The van der Waals surface area contributed by atoms with Gasteiger partial charge in [0.25, 0.3) is 0 Å². The molecule has 3 rings (SSSR count). The van der Waals surface area contributed by atoms with Crippen LogP contribution in [-0.4, -0.2) is 49.3 Å². The lowest BCUT2D eigenvalue weighted by Gasteiger charge is -2.26. The molecule has 0 aliphatic carbocycles. The molecule has 6 nitrogen and oxygen atoms in total. The van der Waals surface area contributed by atoms with Crippen LogP contribution in [0.3, 0.4) is 0 Å². The molecule has 1 aromatic rings. The minimum absolute atomic E-state index is 0.141. The number of alkyl halides is 1. The number of halogens is 2. The third-order valence-electron chi connectivity index (χ3n) is 4.76. The van der Waals surface area contributed by atoms with Crippen LogP contribution in [0.1, 0.15) is 23.6 Å². The van der Waals surface area contributed by atoms with Crippen LogP contribution < -0.4 is 0 Å². The Kier molecular flexibility index (Phi) is 6.43. The number of fused-ring (bicyclic) bond motifs is 1. The molecule has 1 aromatic carbocycles. The molecule has 0 bridgehead atoms. The zero-order chi connectivity index (χ0) is 18.8. The van der Waals surface area contributed by atoms with Crippen molar-refractivity contribution in [1.29, 1.82) is 0 Å². The maximum absolute atomic E-state index is 11.5. The first kappa shape index (κ1) is 19.9. The maximum Gasteiger partial charge on any atom is 0.321 e. The third kappa shape index (κ3) is 4.01. The number of ether oxygens (including phenoxy) is 5. The molecule has 0 spiro atoms. The Bertz CT molecular complexity index is 667. The second-order valence-electron chi connectivity index (χ2n) is 6.47. The zero-order valence-electron chi connectivity index (χ0n) is 14.9. The molecule has 144 valence electrons. The molecule has 2 aliphatic rings. The standard InChI is InChI=1S/C18H22Cl2O6/c1-9-4-5-12(14(20)10(9)2)7-22-16-15(11(3)25-13(21)6-19)26-18-17(16)23-8-24-18/h4-5,11,15-18H,6-8H2,1-3H3/t11-,15-,16+,17-,18+/m1/s1. The van der Waals surface area contributed by atoms with Crippen molar-refractivity contribution < 1.29 is 28.5 Å². The van der Waals surface area contributed by atoms with Crippen LogP contribution in [0, 0.1) is 13.8 Å². The van der Waals surface area contributed by atoms with Crippen molar-refractivity contribution in [2.45, 2.75) is 58.1 Å². The van der Waals surface area contributed by atoms with Crippen molar-refractivity contribution in [2.24, 2.45) is 0 Å².